The van der Waals surface area contributed by atoms with Gasteiger partial charge in [-0.3, -0.25) is 4.79 Å². The fourth-order valence-electron chi connectivity index (χ4n) is 3.12. The van der Waals surface area contributed by atoms with Crippen molar-refractivity contribution in [2.24, 2.45) is 0 Å². The predicted molar refractivity (Wildman–Crippen MR) is 105 cm³/mol. The normalized spacial score (nSPS) is 18.2. The van der Waals surface area contributed by atoms with E-state index in [1.54, 1.807) is 17.0 Å². The van der Waals surface area contributed by atoms with Crippen LogP contribution in [0.15, 0.2) is 60.0 Å². The van der Waals surface area contributed by atoms with E-state index in [2.05, 4.69) is 13.8 Å². The van der Waals surface area contributed by atoms with Crippen molar-refractivity contribution in [1.82, 2.24) is 0 Å². The average molecular weight is 369 g/mol. The standard InChI is InChI=1S/C21H23NO3S/c1-15(2)17-7-9-19(10-8-17)22(20-11-12-26(24,25)14-20)21(23)18-6-4-5-16(3)13-18/h4-13,15,20H,14H2,1-3H3/t20-/m0/s1. The van der Waals surface area contributed by atoms with E-state index in [1.807, 2.05) is 49.4 Å². The highest BCUT2D eigenvalue weighted by atomic mass is 32.2. The monoisotopic (exact) mass is 369 g/mol. The van der Waals surface area contributed by atoms with Crippen molar-refractivity contribution < 1.29 is 13.2 Å². The molecule has 2 aromatic rings. The maximum Gasteiger partial charge on any atom is 0.258 e. The molecule has 1 aliphatic heterocycles. The summed E-state index contributed by atoms with van der Waals surface area (Å²) in [6.45, 7) is 6.15. The zero-order valence-corrected chi connectivity index (χ0v) is 16.0. The van der Waals surface area contributed by atoms with Gasteiger partial charge in [-0.15, -0.1) is 0 Å². The molecule has 3 rings (SSSR count). The number of sulfone groups is 1. The number of hydrogen-bond donors (Lipinski definition) is 0. The Bertz CT molecular complexity index is 943. The van der Waals surface area contributed by atoms with Crippen LogP contribution < -0.4 is 4.90 Å². The SMILES string of the molecule is Cc1cccc(C(=O)N(c2ccc(C(C)C)cc2)[C@H]2C=CS(=O)(=O)C2)c1. The molecular formula is C21H23NO3S. The van der Waals surface area contributed by atoms with Gasteiger partial charge in [0, 0.05) is 16.7 Å². The van der Waals surface area contributed by atoms with Gasteiger partial charge in [0.05, 0.1) is 11.8 Å². The number of nitrogens with zero attached hydrogens (tertiary/aromatic N) is 1. The Balaban J connectivity index is 2.02. The smallest absolute Gasteiger partial charge is 0.258 e. The lowest BCUT2D eigenvalue weighted by Crippen LogP contribution is -2.41. The van der Waals surface area contributed by atoms with Crippen LogP contribution >= 0.6 is 0 Å². The fraction of sp³-hybridized carbons (Fsp3) is 0.286. The lowest BCUT2D eigenvalue weighted by Gasteiger charge is -2.28. The Hall–Kier alpha value is -2.40. The molecule has 0 unspecified atom stereocenters. The lowest BCUT2D eigenvalue weighted by molar-refractivity contribution is 0.0983. The fourth-order valence-corrected chi connectivity index (χ4v) is 4.38. The number of rotatable bonds is 4. The van der Waals surface area contributed by atoms with Gasteiger partial charge in [0.1, 0.15) is 0 Å². The largest absolute Gasteiger partial charge is 0.300 e. The molecule has 0 bridgehead atoms. The third kappa shape index (κ3) is 3.88. The quantitative estimate of drug-likeness (QED) is 0.816. The molecule has 0 saturated carbocycles. The second-order valence-corrected chi connectivity index (χ2v) is 8.95. The first-order chi connectivity index (χ1) is 12.3. The zero-order chi connectivity index (χ0) is 18.9. The Morgan fingerprint density at radius 1 is 1.12 bits per heavy atom. The minimum atomic E-state index is -3.27. The van der Waals surface area contributed by atoms with Gasteiger partial charge in [0.15, 0.2) is 9.84 Å². The van der Waals surface area contributed by atoms with E-state index in [1.165, 1.54) is 11.0 Å². The van der Waals surface area contributed by atoms with Crippen LogP contribution in [0, 0.1) is 6.92 Å². The molecular weight excluding hydrogens is 346 g/mol. The molecule has 1 amide bonds. The Labute approximate surface area is 155 Å². The van der Waals surface area contributed by atoms with E-state index in [4.69, 9.17) is 0 Å². The molecule has 26 heavy (non-hydrogen) atoms. The molecule has 4 nitrogen and oxygen atoms in total. The summed E-state index contributed by atoms with van der Waals surface area (Å²) < 4.78 is 23.8. The van der Waals surface area contributed by atoms with Crippen molar-refractivity contribution in [2.45, 2.75) is 32.7 Å². The summed E-state index contributed by atoms with van der Waals surface area (Å²) in [5, 5.41) is 1.21. The minimum Gasteiger partial charge on any atom is -0.300 e. The van der Waals surface area contributed by atoms with E-state index in [-0.39, 0.29) is 11.7 Å². The van der Waals surface area contributed by atoms with Crippen LogP contribution in [0.5, 0.6) is 0 Å². The Morgan fingerprint density at radius 3 is 2.35 bits per heavy atom. The molecule has 1 aliphatic rings. The summed E-state index contributed by atoms with van der Waals surface area (Å²) in [5.41, 5.74) is 3.41. The summed E-state index contributed by atoms with van der Waals surface area (Å²) in [4.78, 5) is 14.8. The number of carbonyl (C=O) groups is 1. The lowest BCUT2D eigenvalue weighted by atomic mass is 10.0. The number of hydrogen-bond acceptors (Lipinski definition) is 3. The van der Waals surface area contributed by atoms with Crippen LogP contribution in [0.1, 0.15) is 41.3 Å². The number of benzene rings is 2. The summed E-state index contributed by atoms with van der Waals surface area (Å²) in [6, 6.07) is 14.6. The van der Waals surface area contributed by atoms with Crippen molar-refractivity contribution in [3.63, 3.8) is 0 Å². The van der Waals surface area contributed by atoms with Gasteiger partial charge in [-0.05, 0) is 48.7 Å². The third-order valence-corrected chi connectivity index (χ3v) is 5.94. The summed E-state index contributed by atoms with van der Waals surface area (Å²) in [5.74, 6) is 0.103. The summed E-state index contributed by atoms with van der Waals surface area (Å²) in [6.07, 6.45) is 1.60. The van der Waals surface area contributed by atoms with E-state index in [0.29, 0.717) is 17.2 Å². The molecule has 0 N–H and O–H groups in total. The molecule has 5 heteroatoms. The molecule has 0 aliphatic carbocycles. The maximum atomic E-state index is 13.2. The molecule has 0 saturated heterocycles. The van der Waals surface area contributed by atoms with Crippen LogP contribution in [0.2, 0.25) is 0 Å². The minimum absolute atomic E-state index is 0.0868. The third-order valence-electron chi connectivity index (χ3n) is 4.56. The second kappa shape index (κ2) is 7.08. The van der Waals surface area contributed by atoms with Gasteiger partial charge in [-0.2, -0.15) is 0 Å². The van der Waals surface area contributed by atoms with Gasteiger partial charge in [0.2, 0.25) is 0 Å². The first-order valence-corrected chi connectivity index (χ1v) is 10.4. The van der Waals surface area contributed by atoms with Crippen LogP contribution in [0.4, 0.5) is 5.69 Å². The van der Waals surface area contributed by atoms with Gasteiger partial charge in [-0.1, -0.05) is 43.7 Å². The van der Waals surface area contributed by atoms with Gasteiger partial charge < -0.3 is 4.90 Å². The number of aryl methyl sites for hydroxylation is 1. The number of amides is 1. The molecule has 2 aromatic carbocycles. The van der Waals surface area contributed by atoms with E-state index < -0.39 is 15.9 Å². The van der Waals surface area contributed by atoms with Crippen molar-refractivity contribution >= 4 is 21.4 Å². The topological polar surface area (TPSA) is 54.5 Å². The highest BCUT2D eigenvalue weighted by molar-refractivity contribution is 7.94. The second-order valence-electron chi connectivity index (χ2n) is 7.02. The van der Waals surface area contributed by atoms with Gasteiger partial charge in [-0.25, -0.2) is 8.42 Å². The molecule has 1 atom stereocenters. The van der Waals surface area contributed by atoms with Crippen LogP contribution in [-0.4, -0.2) is 26.1 Å². The molecule has 1 heterocycles. The van der Waals surface area contributed by atoms with E-state index in [0.717, 1.165) is 5.56 Å². The number of carbonyl (C=O) groups excluding carboxylic acids is 1. The molecule has 0 aromatic heterocycles. The predicted octanol–water partition coefficient (Wildman–Crippen LogP) is 4.08. The molecule has 136 valence electrons. The summed E-state index contributed by atoms with van der Waals surface area (Å²) >= 11 is 0. The highest BCUT2D eigenvalue weighted by Crippen LogP contribution is 2.27. The van der Waals surface area contributed by atoms with E-state index >= 15 is 0 Å². The number of anilines is 1. The first kappa shape index (κ1) is 18.4. The first-order valence-electron chi connectivity index (χ1n) is 8.68. The van der Waals surface area contributed by atoms with E-state index in [9.17, 15) is 13.2 Å². The molecule has 0 radical (unpaired) electrons. The Morgan fingerprint density at radius 2 is 1.81 bits per heavy atom. The van der Waals surface area contributed by atoms with Crippen LogP contribution in [0.25, 0.3) is 0 Å². The van der Waals surface area contributed by atoms with Gasteiger partial charge >= 0.3 is 0 Å². The van der Waals surface area contributed by atoms with Crippen LogP contribution in [-0.2, 0) is 9.84 Å². The van der Waals surface area contributed by atoms with Crippen molar-refractivity contribution in [2.75, 3.05) is 10.7 Å². The zero-order valence-electron chi connectivity index (χ0n) is 15.2. The highest BCUT2D eigenvalue weighted by Gasteiger charge is 2.32. The summed E-state index contributed by atoms with van der Waals surface area (Å²) in [7, 11) is -3.27. The Kier molecular flexibility index (Phi) is 5.01. The van der Waals surface area contributed by atoms with Gasteiger partial charge in [0.25, 0.3) is 5.91 Å². The maximum absolute atomic E-state index is 13.2. The van der Waals surface area contributed by atoms with Crippen LogP contribution in [0.3, 0.4) is 0 Å². The van der Waals surface area contributed by atoms with Crippen molar-refractivity contribution in [1.29, 1.82) is 0 Å². The average Bonchev–Trinajstić information content (AvgIpc) is 2.95. The molecule has 0 spiro atoms. The van der Waals surface area contributed by atoms with Crippen molar-refractivity contribution in [3.8, 4) is 0 Å². The van der Waals surface area contributed by atoms with Crippen molar-refractivity contribution in [3.05, 3.63) is 76.7 Å². The molecule has 0 fully saturated rings.